The van der Waals surface area contributed by atoms with Gasteiger partial charge in [0.1, 0.15) is 6.10 Å². The number of carbonyl (C=O) groups is 1. The molecule has 56 heavy (non-hydrogen) atoms. The lowest BCUT2D eigenvalue weighted by atomic mass is 10.3. The molecule has 0 bridgehead atoms. The van der Waals surface area contributed by atoms with Crippen molar-refractivity contribution in [1.82, 2.24) is 0 Å². The Hall–Kier alpha value is -10.9. The van der Waals surface area contributed by atoms with Gasteiger partial charge in [-0.3, -0.25) is 0 Å². The first kappa shape index (κ1) is 45.1. The zero-order valence-corrected chi connectivity index (χ0v) is 28.9. The van der Waals surface area contributed by atoms with Crippen LogP contribution in [0.3, 0.4) is 0 Å². The number of carboxylic acid groups (broad SMARTS) is 1. The maximum atomic E-state index is 9.88. The van der Waals surface area contributed by atoms with E-state index in [2.05, 4.69) is 271 Å². The first-order valence-electron chi connectivity index (χ1n) is 14.6. The highest BCUT2D eigenvalue weighted by molar-refractivity contribution is 5.57. The second kappa shape index (κ2) is 40.3. The van der Waals surface area contributed by atoms with E-state index < -0.39 is 6.16 Å². The van der Waals surface area contributed by atoms with Gasteiger partial charge in [-0.1, -0.05) is 5.92 Å². The van der Waals surface area contributed by atoms with Crippen molar-refractivity contribution >= 4 is 6.16 Å². The van der Waals surface area contributed by atoms with Crippen molar-refractivity contribution in [3.05, 3.63) is 0 Å². The molecule has 1 fully saturated rings. The predicted molar refractivity (Wildman–Crippen MR) is 214 cm³/mol. The van der Waals surface area contributed by atoms with Gasteiger partial charge in [0.05, 0.1) is 13.2 Å². The van der Waals surface area contributed by atoms with E-state index in [1.807, 2.05) is 0 Å². The summed E-state index contributed by atoms with van der Waals surface area (Å²) in [6, 6.07) is 0. The van der Waals surface area contributed by atoms with Gasteiger partial charge in [-0.15, -0.1) is 6.42 Å². The highest BCUT2D eigenvalue weighted by Crippen LogP contribution is 2.07. The normalized spacial score (nSPS) is 7.46. The second-order valence-electron chi connectivity index (χ2n) is 7.64. The fourth-order valence-electron chi connectivity index (χ4n) is 2.13. The Kier molecular flexibility index (Phi) is 32.5. The molecule has 1 rings (SSSR count). The third-order valence-corrected chi connectivity index (χ3v) is 3.98. The number of rotatable bonds is 1. The molecule has 0 aromatic carbocycles. The summed E-state index contributed by atoms with van der Waals surface area (Å²) in [5.41, 5.74) is 0. The summed E-state index contributed by atoms with van der Waals surface area (Å²) in [6.07, 6.45) is 4.17. The molecule has 0 spiro atoms. The summed E-state index contributed by atoms with van der Waals surface area (Å²) in [7, 11) is 0. The van der Waals surface area contributed by atoms with Crippen LogP contribution in [0.2, 0.25) is 0 Å². The fourth-order valence-corrected chi connectivity index (χ4v) is 2.13. The van der Waals surface area contributed by atoms with Crippen LogP contribution in [0.4, 0.5) is 4.79 Å². The minimum Gasteiger partial charge on any atom is -0.450 e. The van der Waals surface area contributed by atoms with E-state index in [9.17, 15) is 4.79 Å². The minimum absolute atomic E-state index is 0.234. The molecule has 0 amide bonds. The Balaban J connectivity index is 0.00000292. The van der Waals surface area contributed by atoms with Crippen LogP contribution in [0, 0.1) is 273 Å². The van der Waals surface area contributed by atoms with Crippen molar-refractivity contribution in [1.29, 1.82) is 0 Å². The summed E-state index contributed by atoms with van der Waals surface area (Å²) in [6.45, 7) is 2.71. The number of hydrogen-bond acceptors (Lipinski definition) is 3. The van der Waals surface area contributed by atoms with E-state index in [1.165, 1.54) is 0 Å². The molecule has 1 saturated heterocycles. The van der Waals surface area contributed by atoms with Crippen molar-refractivity contribution in [2.45, 2.75) is 19.4 Å². The molecule has 1 atom stereocenters. The van der Waals surface area contributed by atoms with Gasteiger partial charge < -0.3 is 14.6 Å². The maximum absolute atomic E-state index is 9.88. The lowest BCUT2D eigenvalue weighted by molar-refractivity contribution is 0.0449. The summed E-state index contributed by atoms with van der Waals surface area (Å²) in [4.78, 5) is 9.88. The van der Waals surface area contributed by atoms with Crippen LogP contribution >= 0.6 is 0 Å². The third kappa shape index (κ3) is 39.3. The van der Waals surface area contributed by atoms with Crippen LogP contribution in [0.5, 0.6) is 0 Å². The molecular formula is C52H12O4. The topological polar surface area (TPSA) is 55.8 Å². The quantitative estimate of drug-likeness (QED) is 0.330. The maximum Gasteiger partial charge on any atom is 0.506 e. The molecule has 1 unspecified atom stereocenters. The molecule has 0 saturated carbocycles. The monoisotopic (exact) mass is 700 g/mol. The van der Waals surface area contributed by atoms with Crippen molar-refractivity contribution in [2.75, 3.05) is 13.2 Å². The number of ether oxygens (including phenoxy) is 2. The molecule has 1 heterocycles. The second-order valence-corrected chi connectivity index (χ2v) is 7.64. The van der Waals surface area contributed by atoms with Crippen molar-refractivity contribution in [3.8, 4) is 273 Å². The first-order chi connectivity index (χ1) is 27.7. The van der Waals surface area contributed by atoms with Crippen LogP contribution in [-0.2, 0) is 9.47 Å². The van der Waals surface area contributed by atoms with Crippen LogP contribution < -0.4 is 0 Å². The van der Waals surface area contributed by atoms with Gasteiger partial charge in [0.15, 0.2) is 0 Å². The van der Waals surface area contributed by atoms with Gasteiger partial charge in [0.2, 0.25) is 0 Å². The Morgan fingerprint density at radius 1 is 0.429 bits per heavy atom. The molecule has 4 heteroatoms. The molecule has 1 N–H and O–H groups in total. The lowest BCUT2D eigenvalue weighted by Gasteiger charge is -2.03. The highest BCUT2D eigenvalue weighted by Gasteiger charge is 2.18. The van der Waals surface area contributed by atoms with Crippen LogP contribution in [-0.4, -0.2) is 30.6 Å². The molecule has 4 nitrogen and oxygen atoms in total. The van der Waals surface area contributed by atoms with E-state index in [0.717, 1.165) is 0 Å². The van der Waals surface area contributed by atoms with Gasteiger partial charge in [0, 0.05) is 172 Å². The smallest absolute Gasteiger partial charge is 0.450 e. The van der Waals surface area contributed by atoms with E-state index in [4.69, 9.17) is 16.3 Å². The SMILES string of the molecule is C#CC#CC#CC#CC#CC#CC#CC#CC#CC#CC#CC#CC#CC#CC#CC#CC#CC#CC#CC#CC#CC#CC#CC.O=C(O)OC1CCOC1. The Labute approximate surface area is 330 Å². The number of hydrogen-bond donors (Lipinski definition) is 1. The average Bonchev–Trinajstić information content (AvgIpc) is 3.71. The average molecular weight is 701 g/mol. The van der Waals surface area contributed by atoms with Crippen molar-refractivity contribution in [3.63, 3.8) is 0 Å². The van der Waals surface area contributed by atoms with Gasteiger partial charge in [0.25, 0.3) is 0 Å². The van der Waals surface area contributed by atoms with E-state index in [0.29, 0.717) is 19.6 Å². The molecule has 0 aromatic heterocycles. The van der Waals surface area contributed by atoms with Crippen LogP contribution in [0.15, 0.2) is 0 Å². The van der Waals surface area contributed by atoms with E-state index in [1.54, 1.807) is 6.92 Å². The highest BCUT2D eigenvalue weighted by atomic mass is 16.7. The third-order valence-electron chi connectivity index (χ3n) is 3.98. The molecule has 0 aliphatic carbocycles. The molecule has 244 valence electrons. The first-order valence-corrected chi connectivity index (χ1v) is 14.6. The molecule has 1 aliphatic heterocycles. The fraction of sp³-hybridized carbons (Fsp3) is 0.0962. The van der Waals surface area contributed by atoms with Crippen LogP contribution in [0.1, 0.15) is 13.3 Å². The van der Waals surface area contributed by atoms with Gasteiger partial charge >= 0.3 is 6.16 Å². The van der Waals surface area contributed by atoms with Crippen molar-refractivity contribution in [2.24, 2.45) is 0 Å². The van der Waals surface area contributed by atoms with Gasteiger partial charge in [-0.2, -0.15) is 0 Å². The standard InChI is InChI=1S/C47H4.C5H8O4/c1-3-5-7-9-11-13-15-17-19-21-23-25-27-29-31-33-35-37-39-41-43-45-47-46-44-42-40-38-36-34-32-30-28-26-24-22-20-18-16-14-12-10-8-6-4-2;6-5(7)9-4-1-2-8-3-4/h1H,2H3;4H,1-3H2,(H,6,7). The Morgan fingerprint density at radius 2 is 0.643 bits per heavy atom. The zero-order valence-electron chi connectivity index (χ0n) is 28.9. The summed E-state index contributed by atoms with van der Waals surface area (Å²) < 4.78 is 9.27. The molecule has 1 aliphatic rings. The van der Waals surface area contributed by atoms with E-state index in [-0.39, 0.29) is 6.10 Å². The molecule has 0 aromatic rings. The summed E-state index contributed by atoms with van der Waals surface area (Å²) >= 11 is 0. The Bertz CT molecular complexity index is 3070. The predicted octanol–water partition coefficient (Wildman–Crippen LogP) is 1.18. The largest absolute Gasteiger partial charge is 0.506 e. The van der Waals surface area contributed by atoms with Gasteiger partial charge in [-0.05, 0) is 102 Å². The Morgan fingerprint density at radius 3 is 0.804 bits per heavy atom. The minimum atomic E-state index is -1.22. The summed E-state index contributed by atoms with van der Waals surface area (Å²) in [5.74, 6) is 112. The summed E-state index contributed by atoms with van der Waals surface area (Å²) in [5, 5.41) is 8.10. The molecule has 0 radical (unpaired) electrons. The zero-order chi connectivity index (χ0) is 40.5. The van der Waals surface area contributed by atoms with Crippen LogP contribution in [0.25, 0.3) is 0 Å². The van der Waals surface area contributed by atoms with Gasteiger partial charge in [-0.25, -0.2) is 4.79 Å². The van der Waals surface area contributed by atoms with E-state index >= 15 is 0 Å². The number of terminal acetylenes is 1. The van der Waals surface area contributed by atoms with Crippen molar-refractivity contribution < 1.29 is 19.4 Å². The molecular weight excluding hydrogens is 689 g/mol. The lowest BCUT2D eigenvalue weighted by Crippen LogP contribution is -2.15.